The fourth-order valence-electron chi connectivity index (χ4n) is 4.16. The fraction of sp³-hybridized carbons (Fsp3) is 0.333. The molecule has 3 fully saturated rings. The Kier molecular flexibility index (Phi) is 4.47. The Labute approximate surface area is 155 Å². The third kappa shape index (κ3) is 2.90. The summed E-state index contributed by atoms with van der Waals surface area (Å²) < 4.78 is 27.7. The molecule has 136 valence electrons. The first-order chi connectivity index (χ1) is 12.5. The third-order valence-electron chi connectivity index (χ3n) is 5.49. The van der Waals surface area contributed by atoms with Gasteiger partial charge in [-0.3, -0.25) is 0 Å². The zero-order chi connectivity index (χ0) is 18.3. The number of sulfonamides is 1. The Hall–Kier alpha value is -1.95. The van der Waals surface area contributed by atoms with Gasteiger partial charge in [0, 0.05) is 31.1 Å². The summed E-state index contributed by atoms with van der Waals surface area (Å²) in [6, 6.07) is 16.2. The van der Waals surface area contributed by atoms with Crippen molar-refractivity contribution < 1.29 is 8.42 Å². The summed E-state index contributed by atoms with van der Waals surface area (Å²) in [6.07, 6.45) is 4.11. The molecule has 3 heterocycles. The van der Waals surface area contributed by atoms with Gasteiger partial charge in [0.15, 0.2) is 0 Å². The Balaban J connectivity index is 1.53. The van der Waals surface area contributed by atoms with Gasteiger partial charge in [0.2, 0.25) is 10.0 Å². The first-order valence-corrected chi connectivity index (χ1v) is 10.5. The van der Waals surface area contributed by atoms with Crippen LogP contribution in [0.2, 0.25) is 0 Å². The van der Waals surface area contributed by atoms with Crippen molar-refractivity contribution in [1.29, 1.82) is 0 Å². The van der Waals surface area contributed by atoms with Crippen molar-refractivity contribution in [3.63, 3.8) is 0 Å². The van der Waals surface area contributed by atoms with E-state index in [1.54, 1.807) is 16.4 Å². The van der Waals surface area contributed by atoms with Gasteiger partial charge in [-0.05, 0) is 36.6 Å². The lowest BCUT2D eigenvalue weighted by atomic mass is 9.75. The minimum atomic E-state index is -3.43. The number of rotatable bonds is 4. The van der Waals surface area contributed by atoms with E-state index in [1.807, 2.05) is 32.1 Å². The number of hydrogen-bond donors (Lipinski definition) is 1. The summed E-state index contributed by atoms with van der Waals surface area (Å²) in [5, 5.41) is 3.52. The van der Waals surface area contributed by atoms with Crippen LogP contribution in [0.25, 0.3) is 6.08 Å². The van der Waals surface area contributed by atoms with E-state index in [0.29, 0.717) is 23.9 Å². The monoisotopic (exact) mass is 368 g/mol. The smallest absolute Gasteiger partial charge is 0.243 e. The van der Waals surface area contributed by atoms with Crippen LogP contribution in [0.15, 0.2) is 59.5 Å². The topological polar surface area (TPSA) is 49.4 Å². The number of allylic oxidation sites excluding steroid dienone is 1. The number of benzene rings is 2. The van der Waals surface area contributed by atoms with Gasteiger partial charge in [-0.25, -0.2) is 8.42 Å². The van der Waals surface area contributed by atoms with Crippen LogP contribution >= 0.6 is 0 Å². The molecule has 3 atom stereocenters. The summed E-state index contributed by atoms with van der Waals surface area (Å²) >= 11 is 0. The average molecular weight is 369 g/mol. The molecule has 1 unspecified atom stereocenters. The second-order valence-electron chi connectivity index (χ2n) is 7.16. The number of nitrogens with zero attached hydrogens (tertiary/aromatic N) is 1. The van der Waals surface area contributed by atoms with Gasteiger partial charge < -0.3 is 5.32 Å². The predicted octanol–water partition coefficient (Wildman–Crippen LogP) is 3.16. The van der Waals surface area contributed by atoms with Crippen molar-refractivity contribution >= 4 is 16.1 Å². The molecule has 0 saturated carbocycles. The number of piperidine rings is 1. The SMILES string of the molecule is C/C=C/c1ccc(C2[C@@H]3CN(S(=O)(=O)c4ccccc4C)C[C@H]2N3)cc1. The fourth-order valence-corrected chi connectivity index (χ4v) is 5.87. The maximum Gasteiger partial charge on any atom is 0.243 e. The van der Waals surface area contributed by atoms with Crippen LogP contribution in [-0.2, 0) is 10.0 Å². The van der Waals surface area contributed by atoms with Gasteiger partial charge in [0.25, 0.3) is 0 Å². The van der Waals surface area contributed by atoms with Crippen LogP contribution in [0.4, 0.5) is 0 Å². The van der Waals surface area contributed by atoms with Crippen molar-refractivity contribution in [3.05, 3.63) is 71.3 Å². The molecule has 2 bridgehead atoms. The van der Waals surface area contributed by atoms with Crippen LogP contribution < -0.4 is 5.32 Å². The second-order valence-corrected chi connectivity index (χ2v) is 9.07. The Morgan fingerprint density at radius 2 is 1.69 bits per heavy atom. The normalized spacial score (nSPS) is 26.0. The van der Waals surface area contributed by atoms with E-state index >= 15 is 0 Å². The van der Waals surface area contributed by atoms with Gasteiger partial charge in [-0.2, -0.15) is 4.31 Å². The molecule has 4 nitrogen and oxygen atoms in total. The minimum absolute atomic E-state index is 0.181. The van der Waals surface area contributed by atoms with Crippen molar-refractivity contribution in [2.45, 2.75) is 36.7 Å². The maximum atomic E-state index is 13.0. The van der Waals surface area contributed by atoms with Crippen LogP contribution in [0.3, 0.4) is 0 Å². The van der Waals surface area contributed by atoms with Crippen LogP contribution in [0, 0.1) is 6.92 Å². The number of aryl methyl sites for hydroxylation is 1. The zero-order valence-corrected chi connectivity index (χ0v) is 15.9. The first-order valence-electron chi connectivity index (χ1n) is 9.05. The van der Waals surface area contributed by atoms with E-state index in [-0.39, 0.29) is 12.1 Å². The molecule has 26 heavy (non-hydrogen) atoms. The van der Waals surface area contributed by atoms with Gasteiger partial charge in [0.1, 0.15) is 0 Å². The lowest BCUT2D eigenvalue weighted by Gasteiger charge is -2.54. The van der Waals surface area contributed by atoms with Crippen LogP contribution in [0.1, 0.15) is 29.5 Å². The number of nitrogens with one attached hydrogen (secondary N) is 1. The summed E-state index contributed by atoms with van der Waals surface area (Å²) in [7, 11) is -3.43. The number of piperazine rings is 1. The molecule has 3 aliphatic rings. The first kappa shape index (κ1) is 17.5. The molecule has 0 spiro atoms. The largest absolute Gasteiger partial charge is 0.307 e. The molecule has 2 aromatic carbocycles. The summed E-state index contributed by atoms with van der Waals surface area (Å²) in [5.74, 6) is 0.387. The molecule has 2 aromatic rings. The Bertz CT molecular complexity index is 923. The Morgan fingerprint density at radius 1 is 1.04 bits per heavy atom. The highest BCUT2D eigenvalue weighted by Gasteiger charge is 2.49. The van der Waals surface area contributed by atoms with Crippen LogP contribution in [-0.4, -0.2) is 37.9 Å². The minimum Gasteiger partial charge on any atom is -0.307 e. The molecule has 0 aromatic heterocycles. The Morgan fingerprint density at radius 3 is 2.31 bits per heavy atom. The molecular weight excluding hydrogens is 344 g/mol. The molecular formula is C21H24N2O2S. The summed E-state index contributed by atoms with van der Waals surface area (Å²) in [5.41, 5.74) is 3.29. The van der Waals surface area contributed by atoms with Gasteiger partial charge in [-0.15, -0.1) is 0 Å². The summed E-state index contributed by atoms with van der Waals surface area (Å²) in [6.45, 7) is 4.91. The molecule has 0 aliphatic carbocycles. The molecule has 3 saturated heterocycles. The van der Waals surface area contributed by atoms with E-state index in [4.69, 9.17) is 0 Å². The quantitative estimate of drug-likeness (QED) is 0.902. The summed E-state index contributed by atoms with van der Waals surface area (Å²) in [4.78, 5) is 0.425. The number of hydrogen-bond acceptors (Lipinski definition) is 3. The highest BCUT2D eigenvalue weighted by atomic mass is 32.2. The van der Waals surface area contributed by atoms with E-state index in [2.05, 4.69) is 35.7 Å². The van der Waals surface area contributed by atoms with Crippen LogP contribution in [0.5, 0.6) is 0 Å². The second kappa shape index (κ2) is 6.65. The standard InChI is InChI=1S/C21H24N2O2S/c1-3-6-16-9-11-17(12-10-16)21-18-13-23(14-19(21)22-18)26(24,25)20-8-5-4-7-15(20)2/h3-12,18-19,21-22H,13-14H2,1-2H3/b6-3+/t18-,19+,21?. The van der Waals surface area contributed by atoms with Crippen molar-refractivity contribution in [1.82, 2.24) is 9.62 Å². The molecule has 0 radical (unpaired) electrons. The van der Waals surface area contributed by atoms with E-state index in [1.165, 1.54) is 11.1 Å². The van der Waals surface area contributed by atoms with Crippen molar-refractivity contribution in [3.8, 4) is 0 Å². The average Bonchev–Trinajstić information content (AvgIpc) is 2.64. The van der Waals surface area contributed by atoms with E-state index in [9.17, 15) is 8.42 Å². The predicted molar refractivity (Wildman–Crippen MR) is 105 cm³/mol. The highest BCUT2D eigenvalue weighted by molar-refractivity contribution is 7.89. The van der Waals surface area contributed by atoms with Gasteiger partial charge in [0.05, 0.1) is 4.90 Å². The highest BCUT2D eigenvalue weighted by Crippen LogP contribution is 2.38. The molecule has 0 amide bonds. The molecule has 5 rings (SSSR count). The number of fused-ring (bicyclic) bond motifs is 2. The third-order valence-corrected chi connectivity index (χ3v) is 7.48. The zero-order valence-electron chi connectivity index (χ0n) is 15.1. The molecule has 5 heteroatoms. The maximum absolute atomic E-state index is 13.0. The lowest BCUT2D eigenvalue weighted by molar-refractivity contribution is 0.102. The van der Waals surface area contributed by atoms with Gasteiger partial charge in [-0.1, -0.05) is 54.6 Å². The van der Waals surface area contributed by atoms with Gasteiger partial charge >= 0.3 is 0 Å². The van der Waals surface area contributed by atoms with Crippen molar-refractivity contribution in [2.24, 2.45) is 0 Å². The van der Waals surface area contributed by atoms with E-state index in [0.717, 1.165) is 5.56 Å². The lowest BCUT2D eigenvalue weighted by Crippen LogP contribution is -2.72. The molecule has 1 N–H and O–H groups in total. The molecule has 3 aliphatic heterocycles. The van der Waals surface area contributed by atoms with E-state index < -0.39 is 10.0 Å². The van der Waals surface area contributed by atoms with Crippen molar-refractivity contribution in [2.75, 3.05) is 13.1 Å².